The van der Waals surface area contributed by atoms with Gasteiger partial charge in [0.25, 0.3) is 0 Å². The van der Waals surface area contributed by atoms with E-state index in [-0.39, 0.29) is 11.9 Å². The summed E-state index contributed by atoms with van der Waals surface area (Å²) in [6.07, 6.45) is -0.707. The molecule has 0 aliphatic carbocycles. The van der Waals surface area contributed by atoms with Crippen LogP contribution in [0.5, 0.6) is 5.75 Å². The lowest BCUT2D eigenvalue weighted by atomic mass is 10.0. The molecule has 1 saturated heterocycles. The third-order valence-corrected chi connectivity index (χ3v) is 5.45. The predicted octanol–water partition coefficient (Wildman–Crippen LogP) is 2.50. The van der Waals surface area contributed by atoms with Crippen LogP contribution in [0.2, 0.25) is 0 Å². The summed E-state index contributed by atoms with van der Waals surface area (Å²) in [5.74, 6) is 1.07. The number of morpholine rings is 1. The minimum atomic E-state index is -0.707. The lowest BCUT2D eigenvalue weighted by molar-refractivity contribution is 0.0179. The average Bonchev–Trinajstić information content (AvgIpc) is 2.84. The van der Waals surface area contributed by atoms with Crippen molar-refractivity contribution in [1.29, 1.82) is 0 Å². The highest BCUT2D eigenvalue weighted by molar-refractivity contribution is 5.79. The van der Waals surface area contributed by atoms with Crippen LogP contribution in [0.25, 0.3) is 0 Å². The molecule has 3 rings (SSSR count). The van der Waals surface area contributed by atoms with Gasteiger partial charge < -0.3 is 25.2 Å². The van der Waals surface area contributed by atoms with Crippen LogP contribution in [0.3, 0.4) is 0 Å². The molecule has 0 amide bonds. The largest absolute Gasteiger partial charge is 0.497 e. The normalized spacial score (nSPS) is 16.9. The van der Waals surface area contributed by atoms with E-state index in [1.54, 1.807) is 7.11 Å². The summed E-state index contributed by atoms with van der Waals surface area (Å²) in [4.78, 5) is 7.08. The molecule has 1 aliphatic rings. The minimum absolute atomic E-state index is 0.0123. The Bertz CT molecular complexity index is 857. The maximum atomic E-state index is 13.5. The first kappa shape index (κ1) is 24.0. The van der Waals surface area contributed by atoms with E-state index in [9.17, 15) is 9.50 Å². The number of methoxy groups -OCH3 is 1. The lowest BCUT2D eigenvalue weighted by Crippen LogP contribution is -2.42. The van der Waals surface area contributed by atoms with Crippen molar-refractivity contribution in [2.24, 2.45) is 4.99 Å². The van der Waals surface area contributed by atoms with Crippen LogP contribution in [0.1, 0.15) is 30.2 Å². The van der Waals surface area contributed by atoms with Crippen LogP contribution in [0.4, 0.5) is 4.39 Å². The number of aliphatic hydroxyl groups is 1. The van der Waals surface area contributed by atoms with Crippen molar-refractivity contribution in [3.63, 3.8) is 0 Å². The van der Waals surface area contributed by atoms with Crippen LogP contribution >= 0.6 is 0 Å². The molecule has 0 aromatic heterocycles. The summed E-state index contributed by atoms with van der Waals surface area (Å²) in [5, 5.41) is 17.0. The molecule has 174 valence electrons. The van der Waals surface area contributed by atoms with Crippen molar-refractivity contribution in [3.05, 3.63) is 65.5 Å². The zero-order valence-corrected chi connectivity index (χ0v) is 18.8. The molecule has 3 N–H and O–H groups in total. The fourth-order valence-corrected chi connectivity index (χ4v) is 3.69. The van der Waals surface area contributed by atoms with Gasteiger partial charge in [0.15, 0.2) is 5.96 Å². The quantitative estimate of drug-likeness (QED) is 0.408. The standard InChI is InChI=1S/C24H33FN4O3/c1-3-26-24(28-17-23(30)19-5-4-6-21(15-19)31-2)27-16-22(29-11-13-32-14-12-29)18-7-9-20(25)10-8-18/h4-10,15,22-23,30H,3,11-14,16-17H2,1-2H3,(H2,26,27,28). The number of aliphatic hydroxyl groups excluding tert-OH is 1. The first-order chi connectivity index (χ1) is 15.6. The lowest BCUT2D eigenvalue weighted by Gasteiger charge is -2.34. The third-order valence-electron chi connectivity index (χ3n) is 5.45. The Morgan fingerprint density at radius 3 is 2.59 bits per heavy atom. The number of aliphatic imine (C=N–C) groups is 1. The first-order valence-electron chi connectivity index (χ1n) is 11.0. The Hall–Kier alpha value is -2.68. The van der Waals surface area contributed by atoms with Crippen molar-refractivity contribution in [1.82, 2.24) is 15.5 Å². The molecule has 2 aromatic carbocycles. The van der Waals surface area contributed by atoms with Crippen LogP contribution in [0, 0.1) is 5.82 Å². The molecule has 1 aliphatic heterocycles. The highest BCUT2D eigenvalue weighted by atomic mass is 19.1. The molecule has 0 spiro atoms. The Balaban J connectivity index is 1.69. The highest BCUT2D eigenvalue weighted by Gasteiger charge is 2.23. The van der Waals surface area contributed by atoms with E-state index >= 15 is 0 Å². The van der Waals surface area contributed by atoms with Gasteiger partial charge in [-0.05, 0) is 42.3 Å². The number of nitrogens with zero attached hydrogens (tertiary/aromatic N) is 2. The maximum absolute atomic E-state index is 13.5. The van der Waals surface area contributed by atoms with Crippen molar-refractivity contribution in [3.8, 4) is 5.75 Å². The zero-order chi connectivity index (χ0) is 22.8. The van der Waals surface area contributed by atoms with Crippen LogP contribution in [-0.2, 0) is 4.74 Å². The summed E-state index contributed by atoms with van der Waals surface area (Å²) in [6.45, 7) is 6.44. The Labute approximate surface area is 189 Å². The van der Waals surface area contributed by atoms with Gasteiger partial charge in [-0.2, -0.15) is 0 Å². The summed E-state index contributed by atoms with van der Waals surface area (Å²) < 4.78 is 24.2. The summed E-state index contributed by atoms with van der Waals surface area (Å²) >= 11 is 0. The second-order valence-electron chi connectivity index (χ2n) is 7.61. The molecule has 0 radical (unpaired) electrons. The third kappa shape index (κ3) is 6.91. The van der Waals surface area contributed by atoms with Gasteiger partial charge in [-0.1, -0.05) is 24.3 Å². The molecule has 1 fully saturated rings. The van der Waals surface area contributed by atoms with Crippen molar-refractivity contribution < 1.29 is 19.0 Å². The molecular formula is C24H33FN4O3. The number of nitrogens with one attached hydrogen (secondary N) is 2. The number of halogens is 1. The molecule has 2 atom stereocenters. The van der Waals surface area contributed by atoms with Gasteiger partial charge in [0.05, 0.1) is 39.0 Å². The van der Waals surface area contributed by atoms with E-state index in [0.717, 1.165) is 24.2 Å². The van der Waals surface area contributed by atoms with E-state index in [1.165, 1.54) is 12.1 Å². The fourth-order valence-electron chi connectivity index (χ4n) is 3.69. The Morgan fingerprint density at radius 1 is 1.16 bits per heavy atom. The van der Waals surface area contributed by atoms with Crippen molar-refractivity contribution in [2.45, 2.75) is 19.1 Å². The molecule has 1 heterocycles. The van der Waals surface area contributed by atoms with Gasteiger partial charge in [-0.15, -0.1) is 0 Å². The van der Waals surface area contributed by atoms with Crippen LogP contribution in [0.15, 0.2) is 53.5 Å². The predicted molar refractivity (Wildman–Crippen MR) is 123 cm³/mol. The van der Waals surface area contributed by atoms with Crippen LogP contribution in [-0.4, -0.2) is 69.0 Å². The van der Waals surface area contributed by atoms with Gasteiger partial charge in [-0.3, -0.25) is 9.89 Å². The number of ether oxygens (including phenoxy) is 2. The molecule has 0 saturated carbocycles. The SMILES string of the molecule is CCNC(=NCC(c1ccc(F)cc1)N1CCOCC1)NCC(O)c1cccc(OC)c1. The number of hydrogen-bond donors (Lipinski definition) is 3. The molecule has 32 heavy (non-hydrogen) atoms. The van der Waals surface area contributed by atoms with E-state index < -0.39 is 6.10 Å². The van der Waals surface area contributed by atoms with E-state index in [2.05, 4.69) is 15.5 Å². The van der Waals surface area contributed by atoms with E-state index in [1.807, 2.05) is 43.3 Å². The highest BCUT2D eigenvalue weighted by Crippen LogP contribution is 2.23. The number of guanidine groups is 1. The van der Waals surface area contributed by atoms with Gasteiger partial charge >= 0.3 is 0 Å². The van der Waals surface area contributed by atoms with E-state index in [0.29, 0.717) is 44.6 Å². The fraction of sp³-hybridized carbons (Fsp3) is 0.458. The first-order valence-corrected chi connectivity index (χ1v) is 11.0. The van der Waals surface area contributed by atoms with Gasteiger partial charge in [-0.25, -0.2) is 4.39 Å². The number of hydrogen-bond acceptors (Lipinski definition) is 5. The molecule has 2 aromatic rings. The summed E-state index contributed by atoms with van der Waals surface area (Å²) in [6, 6.07) is 14.0. The van der Waals surface area contributed by atoms with Gasteiger partial charge in [0.1, 0.15) is 11.6 Å². The molecule has 0 bridgehead atoms. The number of rotatable bonds is 9. The second kappa shape index (κ2) is 12.4. The zero-order valence-electron chi connectivity index (χ0n) is 18.8. The van der Waals surface area contributed by atoms with Crippen molar-refractivity contribution in [2.75, 3.05) is 53.0 Å². The number of benzene rings is 2. The molecule has 8 heteroatoms. The molecular weight excluding hydrogens is 411 g/mol. The minimum Gasteiger partial charge on any atom is -0.497 e. The molecule has 7 nitrogen and oxygen atoms in total. The van der Waals surface area contributed by atoms with Gasteiger partial charge in [0.2, 0.25) is 0 Å². The average molecular weight is 445 g/mol. The van der Waals surface area contributed by atoms with Crippen LogP contribution < -0.4 is 15.4 Å². The topological polar surface area (TPSA) is 78.4 Å². The molecule has 2 unspecified atom stereocenters. The van der Waals surface area contributed by atoms with Gasteiger partial charge in [0, 0.05) is 26.2 Å². The monoisotopic (exact) mass is 444 g/mol. The van der Waals surface area contributed by atoms with E-state index in [4.69, 9.17) is 14.5 Å². The Morgan fingerprint density at radius 2 is 1.91 bits per heavy atom. The summed E-state index contributed by atoms with van der Waals surface area (Å²) in [5.41, 5.74) is 1.79. The Kier molecular flexibility index (Phi) is 9.27. The smallest absolute Gasteiger partial charge is 0.191 e. The maximum Gasteiger partial charge on any atom is 0.191 e. The second-order valence-corrected chi connectivity index (χ2v) is 7.61. The summed E-state index contributed by atoms with van der Waals surface area (Å²) in [7, 11) is 1.60. The van der Waals surface area contributed by atoms with Crippen molar-refractivity contribution >= 4 is 5.96 Å².